The molecule has 1 heterocycles. The molecule has 1 fully saturated rings. The highest BCUT2D eigenvalue weighted by Gasteiger charge is 2.48. The molecule has 6 heteroatoms. The Kier molecular flexibility index (Phi) is 4.82. The molecule has 6 nitrogen and oxygen atoms in total. The van der Waals surface area contributed by atoms with Crippen LogP contribution in [0.3, 0.4) is 0 Å². The number of carbonyl (C=O) groups is 2. The number of nitrogens with two attached hydrogens (primary N) is 1. The molecule has 0 unspecified atom stereocenters. The molecular formula is C23H26N2O4. The lowest BCUT2D eigenvalue weighted by Gasteiger charge is -2.37. The van der Waals surface area contributed by atoms with Crippen LogP contribution in [-0.4, -0.2) is 29.0 Å². The molecule has 0 saturated heterocycles. The van der Waals surface area contributed by atoms with Gasteiger partial charge in [-0.05, 0) is 57.9 Å². The van der Waals surface area contributed by atoms with Crippen molar-refractivity contribution < 1.29 is 19.1 Å². The van der Waals surface area contributed by atoms with Gasteiger partial charge in [0.25, 0.3) is 5.91 Å². The highest BCUT2D eigenvalue weighted by atomic mass is 16.7. The number of rotatable bonds is 4. The second-order valence-electron chi connectivity index (χ2n) is 8.09. The summed E-state index contributed by atoms with van der Waals surface area (Å²) in [6.07, 6.45) is 2.84. The van der Waals surface area contributed by atoms with Crippen molar-refractivity contribution in [3.63, 3.8) is 0 Å². The summed E-state index contributed by atoms with van der Waals surface area (Å²) < 4.78 is 10.9. The van der Waals surface area contributed by atoms with Crippen molar-refractivity contribution in [1.82, 2.24) is 5.01 Å². The Balaban J connectivity index is 1.72. The summed E-state index contributed by atoms with van der Waals surface area (Å²) in [4.78, 5) is 27.0. The van der Waals surface area contributed by atoms with Gasteiger partial charge in [-0.2, -0.15) is 0 Å². The molecule has 0 aromatic heterocycles. The van der Waals surface area contributed by atoms with E-state index in [1.165, 1.54) is 5.01 Å². The Morgan fingerprint density at radius 2 is 1.66 bits per heavy atom. The van der Waals surface area contributed by atoms with Crippen LogP contribution in [0, 0.1) is 20.8 Å². The monoisotopic (exact) mass is 394 g/mol. The second kappa shape index (κ2) is 7.19. The predicted octanol–water partition coefficient (Wildman–Crippen LogP) is 3.85. The predicted molar refractivity (Wildman–Crippen MR) is 109 cm³/mol. The van der Waals surface area contributed by atoms with Gasteiger partial charge in [-0.3, -0.25) is 14.6 Å². The van der Waals surface area contributed by atoms with Crippen LogP contribution in [0.1, 0.15) is 63.1 Å². The molecule has 1 saturated carbocycles. The van der Waals surface area contributed by atoms with Gasteiger partial charge in [0.15, 0.2) is 17.3 Å². The Morgan fingerprint density at radius 3 is 2.31 bits per heavy atom. The van der Waals surface area contributed by atoms with Crippen LogP contribution >= 0.6 is 0 Å². The SMILES string of the molecule is Cc1cc(C)cc(C(=O)C2(N(N)C(=O)c3ccc4c(c3C)OCO4)CCCC2)c1. The number of aryl methyl sites for hydroxylation is 2. The summed E-state index contributed by atoms with van der Waals surface area (Å²) in [7, 11) is 0. The molecule has 4 rings (SSSR count). The van der Waals surface area contributed by atoms with Crippen molar-refractivity contribution in [3.8, 4) is 11.5 Å². The number of nitrogens with zero attached hydrogens (tertiary/aromatic N) is 1. The fraction of sp³-hybridized carbons (Fsp3) is 0.391. The zero-order valence-corrected chi connectivity index (χ0v) is 17.1. The molecular weight excluding hydrogens is 368 g/mol. The summed E-state index contributed by atoms with van der Waals surface area (Å²) in [6, 6.07) is 9.18. The van der Waals surface area contributed by atoms with Crippen LogP contribution in [0.25, 0.3) is 0 Å². The number of Topliss-reactive ketones (excluding diaryl/α,β-unsaturated/α-hetero) is 1. The first kappa shape index (κ1) is 19.5. The molecule has 0 spiro atoms. The largest absolute Gasteiger partial charge is 0.454 e. The molecule has 1 aliphatic carbocycles. The van der Waals surface area contributed by atoms with Gasteiger partial charge >= 0.3 is 0 Å². The Morgan fingerprint density at radius 1 is 1.00 bits per heavy atom. The quantitative estimate of drug-likeness (QED) is 0.369. The third-order valence-corrected chi connectivity index (χ3v) is 6.04. The fourth-order valence-corrected chi connectivity index (χ4v) is 4.58. The number of hydrazine groups is 1. The first-order valence-electron chi connectivity index (χ1n) is 9.95. The third-order valence-electron chi connectivity index (χ3n) is 6.04. The van der Waals surface area contributed by atoms with Gasteiger partial charge in [-0.1, -0.05) is 30.0 Å². The van der Waals surface area contributed by atoms with E-state index in [2.05, 4.69) is 0 Å². The molecule has 29 heavy (non-hydrogen) atoms. The molecule has 2 aromatic rings. The zero-order valence-electron chi connectivity index (χ0n) is 17.1. The average molecular weight is 394 g/mol. The topological polar surface area (TPSA) is 81.9 Å². The Labute approximate surface area is 170 Å². The van der Waals surface area contributed by atoms with E-state index in [-0.39, 0.29) is 18.5 Å². The fourth-order valence-electron chi connectivity index (χ4n) is 4.58. The first-order chi connectivity index (χ1) is 13.8. The van der Waals surface area contributed by atoms with Gasteiger partial charge in [0.05, 0.1) is 0 Å². The number of benzene rings is 2. The Bertz CT molecular complexity index is 972. The van der Waals surface area contributed by atoms with E-state index in [9.17, 15) is 9.59 Å². The maximum Gasteiger partial charge on any atom is 0.269 e. The van der Waals surface area contributed by atoms with Crippen molar-refractivity contribution in [3.05, 3.63) is 58.1 Å². The number of amides is 1. The van der Waals surface area contributed by atoms with E-state index in [0.29, 0.717) is 41.0 Å². The minimum atomic E-state index is -1.03. The summed E-state index contributed by atoms with van der Waals surface area (Å²) in [5.41, 5.74) is 2.71. The van der Waals surface area contributed by atoms with Gasteiger partial charge in [0, 0.05) is 16.7 Å². The molecule has 152 valence electrons. The van der Waals surface area contributed by atoms with Crippen molar-refractivity contribution in [2.75, 3.05) is 6.79 Å². The lowest BCUT2D eigenvalue weighted by atomic mass is 9.85. The average Bonchev–Trinajstić information content (AvgIpc) is 3.36. The zero-order chi connectivity index (χ0) is 20.8. The maximum absolute atomic E-state index is 13.6. The molecule has 0 radical (unpaired) electrons. The van der Waals surface area contributed by atoms with E-state index in [0.717, 1.165) is 24.0 Å². The van der Waals surface area contributed by atoms with Crippen LogP contribution in [0.4, 0.5) is 0 Å². The van der Waals surface area contributed by atoms with Crippen molar-refractivity contribution in [2.24, 2.45) is 5.84 Å². The van der Waals surface area contributed by atoms with Gasteiger partial charge in [0.1, 0.15) is 5.54 Å². The van der Waals surface area contributed by atoms with E-state index in [1.807, 2.05) is 39.0 Å². The van der Waals surface area contributed by atoms with Crippen LogP contribution in [0.15, 0.2) is 30.3 Å². The number of hydrogen-bond acceptors (Lipinski definition) is 5. The molecule has 2 aliphatic rings. The van der Waals surface area contributed by atoms with Crippen molar-refractivity contribution in [1.29, 1.82) is 0 Å². The number of ketones is 1. The highest BCUT2D eigenvalue weighted by molar-refractivity contribution is 6.07. The summed E-state index contributed by atoms with van der Waals surface area (Å²) >= 11 is 0. The number of fused-ring (bicyclic) bond motifs is 1. The summed E-state index contributed by atoms with van der Waals surface area (Å²) in [5, 5.41) is 1.17. The summed E-state index contributed by atoms with van der Waals surface area (Å²) in [5.74, 6) is 7.12. The minimum Gasteiger partial charge on any atom is -0.454 e. The smallest absolute Gasteiger partial charge is 0.269 e. The minimum absolute atomic E-state index is 0.0870. The van der Waals surface area contributed by atoms with Crippen LogP contribution in [0.5, 0.6) is 11.5 Å². The van der Waals surface area contributed by atoms with Crippen LogP contribution < -0.4 is 15.3 Å². The standard InChI is InChI=1S/C23H26N2O4/c1-14-10-15(2)12-17(11-14)21(26)23(8-4-5-9-23)25(24)22(27)18-6-7-19-20(16(18)3)29-13-28-19/h6-7,10-12H,4-5,8-9,13,24H2,1-3H3. The number of ether oxygens (including phenoxy) is 2. The third kappa shape index (κ3) is 3.17. The van der Waals surface area contributed by atoms with E-state index >= 15 is 0 Å². The molecule has 2 N–H and O–H groups in total. The summed E-state index contributed by atoms with van der Waals surface area (Å²) in [6.45, 7) is 5.87. The molecule has 1 aliphatic heterocycles. The van der Waals surface area contributed by atoms with E-state index < -0.39 is 5.54 Å². The van der Waals surface area contributed by atoms with Crippen molar-refractivity contribution in [2.45, 2.75) is 52.0 Å². The Hall–Kier alpha value is -2.86. The van der Waals surface area contributed by atoms with Crippen LogP contribution in [-0.2, 0) is 0 Å². The van der Waals surface area contributed by atoms with Crippen LogP contribution in [0.2, 0.25) is 0 Å². The van der Waals surface area contributed by atoms with Gasteiger partial charge in [-0.15, -0.1) is 0 Å². The van der Waals surface area contributed by atoms with E-state index in [4.69, 9.17) is 15.3 Å². The highest BCUT2D eigenvalue weighted by Crippen LogP contribution is 2.40. The molecule has 1 amide bonds. The van der Waals surface area contributed by atoms with Gasteiger partial charge in [-0.25, -0.2) is 5.84 Å². The van der Waals surface area contributed by atoms with Crippen molar-refractivity contribution >= 4 is 11.7 Å². The lowest BCUT2D eigenvalue weighted by Crippen LogP contribution is -2.59. The van der Waals surface area contributed by atoms with Gasteiger partial charge in [0.2, 0.25) is 6.79 Å². The van der Waals surface area contributed by atoms with Gasteiger partial charge < -0.3 is 9.47 Å². The number of carbonyl (C=O) groups excluding carboxylic acids is 2. The molecule has 0 atom stereocenters. The maximum atomic E-state index is 13.6. The number of hydrogen-bond donors (Lipinski definition) is 1. The normalized spacial score (nSPS) is 16.7. The molecule has 2 aromatic carbocycles. The van der Waals surface area contributed by atoms with E-state index in [1.54, 1.807) is 12.1 Å². The first-order valence-corrected chi connectivity index (χ1v) is 9.95. The second-order valence-corrected chi connectivity index (χ2v) is 8.09. The molecule has 0 bridgehead atoms. The lowest BCUT2D eigenvalue weighted by molar-refractivity contribution is 0.0411.